The van der Waals surface area contributed by atoms with E-state index in [1.807, 2.05) is 18.2 Å². The van der Waals surface area contributed by atoms with Crippen molar-refractivity contribution in [1.29, 1.82) is 0 Å². The fourth-order valence-corrected chi connectivity index (χ4v) is 2.08. The summed E-state index contributed by atoms with van der Waals surface area (Å²) in [4.78, 5) is 6.73. The smallest absolute Gasteiger partial charge is 0.122 e. The average molecular weight is 271 g/mol. The van der Waals surface area contributed by atoms with Crippen LogP contribution in [-0.2, 0) is 13.1 Å². The summed E-state index contributed by atoms with van der Waals surface area (Å²) in [6.45, 7) is 1.75. The van der Waals surface area contributed by atoms with Crippen molar-refractivity contribution >= 4 is 17.2 Å². The molecule has 1 aromatic carbocycles. The lowest BCUT2D eigenvalue weighted by Crippen LogP contribution is -2.18. The molecule has 19 heavy (non-hydrogen) atoms. The van der Waals surface area contributed by atoms with Crippen LogP contribution in [0.1, 0.15) is 16.8 Å². The van der Waals surface area contributed by atoms with Crippen LogP contribution >= 0.6 is 12.2 Å². The molecule has 0 saturated carbocycles. The monoisotopic (exact) mass is 271 g/mol. The molecule has 4 heteroatoms. The first-order valence-electron chi connectivity index (χ1n) is 6.12. The maximum atomic E-state index is 5.59. The van der Waals surface area contributed by atoms with Gasteiger partial charge in [-0.15, -0.1) is 0 Å². The number of thiocarbonyl (C=S) groups is 1. The van der Waals surface area contributed by atoms with Crippen LogP contribution in [0.4, 0.5) is 0 Å². The molecule has 0 aliphatic carbocycles. The molecule has 1 heterocycles. The minimum atomic E-state index is 0.340. The van der Waals surface area contributed by atoms with Gasteiger partial charge < -0.3 is 5.73 Å². The Labute approximate surface area is 119 Å². The summed E-state index contributed by atoms with van der Waals surface area (Å²) in [5, 5.41) is 0. The molecule has 1 aromatic heterocycles. The molecule has 0 bridgehead atoms. The van der Waals surface area contributed by atoms with Crippen molar-refractivity contribution in [2.45, 2.75) is 13.1 Å². The molecule has 0 aliphatic rings. The van der Waals surface area contributed by atoms with Crippen LogP contribution in [0.3, 0.4) is 0 Å². The highest BCUT2D eigenvalue weighted by Gasteiger charge is 2.04. The lowest BCUT2D eigenvalue weighted by molar-refractivity contribution is 0.319. The van der Waals surface area contributed by atoms with Gasteiger partial charge in [0.15, 0.2) is 0 Å². The Morgan fingerprint density at radius 3 is 2.53 bits per heavy atom. The second kappa shape index (κ2) is 6.41. The molecule has 0 amide bonds. The van der Waals surface area contributed by atoms with Gasteiger partial charge in [-0.2, -0.15) is 0 Å². The first-order chi connectivity index (χ1) is 9.15. The van der Waals surface area contributed by atoms with Crippen molar-refractivity contribution < 1.29 is 0 Å². The van der Waals surface area contributed by atoms with E-state index in [2.05, 4.69) is 41.2 Å². The van der Waals surface area contributed by atoms with Gasteiger partial charge in [-0.25, -0.2) is 0 Å². The zero-order chi connectivity index (χ0) is 13.7. The minimum Gasteiger partial charge on any atom is -0.388 e. The topological polar surface area (TPSA) is 42.2 Å². The van der Waals surface area contributed by atoms with Crippen LogP contribution in [0.15, 0.2) is 48.7 Å². The minimum absolute atomic E-state index is 0.340. The van der Waals surface area contributed by atoms with Crippen LogP contribution in [0.5, 0.6) is 0 Å². The summed E-state index contributed by atoms with van der Waals surface area (Å²) in [6, 6.07) is 14.3. The molecule has 0 radical (unpaired) electrons. The van der Waals surface area contributed by atoms with Crippen molar-refractivity contribution in [3.63, 3.8) is 0 Å². The molecule has 0 atom stereocenters. The maximum absolute atomic E-state index is 5.59. The zero-order valence-corrected chi connectivity index (χ0v) is 11.7. The predicted molar refractivity (Wildman–Crippen MR) is 81.7 cm³/mol. The second-order valence-electron chi connectivity index (χ2n) is 4.57. The summed E-state index contributed by atoms with van der Waals surface area (Å²) in [7, 11) is 2.09. The van der Waals surface area contributed by atoms with Crippen LogP contribution in [-0.4, -0.2) is 21.9 Å². The largest absolute Gasteiger partial charge is 0.388 e. The third-order valence-corrected chi connectivity index (χ3v) is 3.03. The highest BCUT2D eigenvalue weighted by molar-refractivity contribution is 7.80. The van der Waals surface area contributed by atoms with Crippen LogP contribution in [0.2, 0.25) is 0 Å². The van der Waals surface area contributed by atoms with E-state index in [0.29, 0.717) is 10.7 Å². The SMILES string of the molecule is CN(Cc1ccccc1)Cc1ccnc(C(N)=S)c1. The number of nitrogens with zero attached hydrogens (tertiary/aromatic N) is 2. The highest BCUT2D eigenvalue weighted by Crippen LogP contribution is 2.08. The van der Waals surface area contributed by atoms with Gasteiger partial charge in [0.25, 0.3) is 0 Å². The molecule has 2 rings (SSSR count). The van der Waals surface area contributed by atoms with Crippen LogP contribution in [0, 0.1) is 0 Å². The quantitative estimate of drug-likeness (QED) is 0.848. The maximum Gasteiger partial charge on any atom is 0.122 e. The van der Waals surface area contributed by atoms with Crippen LogP contribution in [0.25, 0.3) is 0 Å². The van der Waals surface area contributed by atoms with Gasteiger partial charge >= 0.3 is 0 Å². The number of nitrogens with two attached hydrogens (primary N) is 1. The Balaban J connectivity index is 2.01. The number of aromatic nitrogens is 1. The summed E-state index contributed by atoms with van der Waals surface area (Å²) < 4.78 is 0. The van der Waals surface area contributed by atoms with E-state index in [4.69, 9.17) is 18.0 Å². The van der Waals surface area contributed by atoms with Gasteiger partial charge in [0.05, 0.1) is 5.69 Å². The Morgan fingerprint density at radius 1 is 1.16 bits per heavy atom. The molecule has 0 fully saturated rings. The van der Waals surface area contributed by atoms with Gasteiger partial charge in [0.2, 0.25) is 0 Å². The lowest BCUT2D eigenvalue weighted by atomic mass is 10.2. The van der Waals surface area contributed by atoms with Gasteiger partial charge in [0, 0.05) is 19.3 Å². The van der Waals surface area contributed by atoms with E-state index in [1.54, 1.807) is 6.20 Å². The number of hydrogen-bond donors (Lipinski definition) is 1. The normalized spacial score (nSPS) is 10.6. The second-order valence-corrected chi connectivity index (χ2v) is 5.01. The van der Waals surface area contributed by atoms with E-state index in [1.165, 1.54) is 5.56 Å². The van der Waals surface area contributed by atoms with Gasteiger partial charge in [0.1, 0.15) is 4.99 Å². The van der Waals surface area contributed by atoms with Gasteiger partial charge in [-0.3, -0.25) is 9.88 Å². The van der Waals surface area contributed by atoms with Crippen molar-refractivity contribution in [2.24, 2.45) is 5.73 Å². The molecular formula is C15H17N3S. The molecule has 3 nitrogen and oxygen atoms in total. The molecule has 2 N–H and O–H groups in total. The zero-order valence-electron chi connectivity index (χ0n) is 10.9. The first-order valence-corrected chi connectivity index (χ1v) is 6.53. The third-order valence-electron chi connectivity index (χ3n) is 2.82. The molecule has 0 spiro atoms. The van der Waals surface area contributed by atoms with Crippen molar-refractivity contribution in [3.05, 3.63) is 65.5 Å². The van der Waals surface area contributed by atoms with E-state index in [0.717, 1.165) is 18.7 Å². The number of rotatable bonds is 5. The fraction of sp³-hybridized carbons (Fsp3) is 0.200. The standard InChI is InChI=1S/C15H17N3S/c1-18(10-12-5-3-2-4-6-12)11-13-7-8-17-14(9-13)15(16)19/h2-9H,10-11H2,1H3,(H2,16,19). The van der Waals surface area contributed by atoms with Crippen molar-refractivity contribution in [3.8, 4) is 0 Å². The van der Waals surface area contributed by atoms with E-state index < -0.39 is 0 Å². The molecule has 2 aromatic rings. The molecular weight excluding hydrogens is 254 g/mol. The van der Waals surface area contributed by atoms with Crippen LogP contribution < -0.4 is 5.73 Å². The molecule has 98 valence electrons. The Kier molecular flexibility index (Phi) is 4.60. The van der Waals surface area contributed by atoms with Gasteiger partial charge in [-0.05, 0) is 30.3 Å². The van der Waals surface area contributed by atoms with E-state index in [9.17, 15) is 0 Å². The fourth-order valence-electron chi connectivity index (χ4n) is 1.97. The summed E-state index contributed by atoms with van der Waals surface area (Å²) >= 11 is 4.94. The van der Waals surface area contributed by atoms with E-state index in [-0.39, 0.29) is 0 Å². The number of hydrogen-bond acceptors (Lipinski definition) is 3. The third kappa shape index (κ3) is 4.12. The van der Waals surface area contributed by atoms with Gasteiger partial charge in [-0.1, -0.05) is 42.5 Å². The number of benzene rings is 1. The Bertz CT molecular complexity index is 554. The summed E-state index contributed by atoms with van der Waals surface area (Å²) in [5.41, 5.74) is 8.74. The average Bonchev–Trinajstić information content (AvgIpc) is 2.40. The Hall–Kier alpha value is -1.78. The molecule has 0 aliphatic heterocycles. The van der Waals surface area contributed by atoms with Crippen molar-refractivity contribution in [2.75, 3.05) is 7.05 Å². The van der Waals surface area contributed by atoms with E-state index >= 15 is 0 Å². The highest BCUT2D eigenvalue weighted by atomic mass is 32.1. The predicted octanol–water partition coefficient (Wildman–Crippen LogP) is 2.35. The lowest BCUT2D eigenvalue weighted by Gasteiger charge is -2.17. The first kappa shape index (κ1) is 13.6. The Morgan fingerprint density at radius 2 is 1.84 bits per heavy atom. The summed E-state index contributed by atoms with van der Waals surface area (Å²) in [5.74, 6) is 0. The summed E-state index contributed by atoms with van der Waals surface area (Å²) in [6.07, 6.45) is 1.75. The number of pyridine rings is 1. The molecule has 0 unspecified atom stereocenters. The van der Waals surface area contributed by atoms with Crippen molar-refractivity contribution in [1.82, 2.24) is 9.88 Å². The molecule has 0 saturated heterocycles.